The molecular weight excluding hydrogens is 314 g/mol. The average molecular weight is 322 g/mol. The van der Waals surface area contributed by atoms with Gasteiger partial charge >= 0.3 is 0 Å². The van der Waals surface area contributed by atoms with E-state index in [2.05, 4.69) is 26.1 Å². The van der Waals surface area contributed by atoms with Gasteiger partial charge in [-0.3, -0.25) is 0 Å². The van der Waals surface area contributed by atoms with Crippen LogP contribution in [0.4, 0.5) is 5.69 Å². The quantitative estimate of drug-likeness (QED) is 0.729. The molecule has 0 unspecified atom stereocenters. The van der Waals surface area contributed by atoms with Gasteiger partial charge in [0.2, 0.25) is 5.82 Å². The molecule has 0 aliphatic heterocycles. The van der Waals surface area contributed by atoms with E-state index in [0.717, 1.165) is 14.2 Å². The highest BCUT2D eigenvalue weighted by atomic mass is 79.9. The van der Waals surface area contributed by atoms with Gasteiger partial charge in [0.05, 0.1) is 8.66 Å². The summed E-state index contributed by atoms with van der Waals surface area (Å²) in [6.07, 6.45) is 0. The number of thiophene rings is 1. The summed E-state index contributed by atoms with van der Waals surface area (Å²) in [6.45, 7) is 0. The molecule has 0 saturated carbocycles. The van der Waals surface area contributed by atoms with E-state index >= 15 is 0 Å². The molecule has 3 rings (SSSR count). The highest BCUT2D eigenvalue weighted by molar-refractivity contribution is 9.11. The molecule has 90 valence electrons. The van der Waals surface area contributed by atoms with Crippen LogP contribution in [-0.4, -0.2) is 10.1 Å². The molecule has 0 radical (unpaired) electrons. The van der Waals surface area contributed by atoms with Crippen LogP contribution in [0.15, 0.2) is 44.7 Å². The van der Waals surface area contributed by atoms with E-state index in [9.17, 15) is 0 Å². The normalized spacial score (nSPS) is 10.7. The number of aromatic nitrogens is 2. The van der Waals surface area contributed by atoms with Crippen molar-refractivity contribution in [1.29, 1.82) is 0 Å². The molecular formula is C12H8BrN3OS. The van der Waals surface area contributed by atoms with Crippen molar-refractivity contribution in [3.05, 3.63) is 40.2 Å². The van der Waals surface area contributed by atoms with Gasteiger partial charge in [-0.25, -0.2) is 0 Å². The summed E-state index contributed by atoms with van der Waals surface area (Å²) < 4.78 is 6.27. The first kappa shape index (κ1) is 11.4. The van der Waals surface area contributed by atoms with Crippen molar-refractivity contribution in [2.24, 2.45) is 0 Å². The molecule has 2 N–H and O–H groups in total. The van der Waals surface area contributed by atoms with Crippen molar-refractivity contribution < 1.29 is 4.52 Å². The molecule has 1 aromatic carbocycles. The molecule has 0 saturated heterocycles. The lowest BCUT2D eigenvalue weighted by Crippen LogP contribution is -1.86. The number of nitrogen functional groups attached to an aromatic ring is 1. The molecule has 0 aliphatic rings. The van der Waals surface area contributed by atoms with E-state index in [-0.39, 0.29) is 0 Å². The maximum absolute atomic E-state index is 5.73. The van der Waals surface area contributed by atoms with Gasteiger partial charge in [0.25, 0.3) is 5.89 Å². The lowest BCUT2D eigenvalue weighted by atomic mass is 10.2. The van der Waals surface area contributed by atoms with E-state index in [1.807, 2.05) is 36.4 Å². The van der Waals surface area contributed by atoms with Gasteiger partial charge in [-0.1, -0.05) is 17.3 Å². The number of benzene rings is 1. The van der Waals surface area contributed by atoms with Gasteiger partial charge in [-0.15, -0.1) is 11.3 Å². The Morgan fingerprint density at radius 3 is 2.83 bits per heavy atom. The van der Waals surface area contributed by atoms with Gasteiger partial charge in [0, 0.05) is 11.3 Å². The second kappa shape index (κ2) is 4.55. The Bertz CT molecular complexity index is 692. The second-order valence-electron chi connectivity index (χ2n) is 3.65. The summed E-state index contributed by atoms with van der Waals surface area (Å²) >= 11 is 4.95. The first-order valence-corrected chi connectivity index (χ1v) is 6.78. The van der Waals surface area contributed by atoms with Crippen LogP contribution in [0.25, 0.3) is 22.2 Å². The van der Waals surface area contributed by atoms with Gasteiger partial charge < -0.3 is 10.3 Å². The minimum absolute atomic E-state index is 0.517. The summed E-state index contributed by atoms with van der Waals surface area (Å²) in [7, 11) is 0. The molecule has 0 atom stereocenters. The zero-order valence-electron chi connectivity index (χ0n) is 9.13. The summed E-state index contributed by atoms with van der Waals surface area (Å²) in [5, 5.41) is 3.96. The average Bonchev–Trinajstić information content (AvgIpc) is 2.97. The second-order valence-corrected chi connectivity index (χ2v) is 6.12. The fraction of sp³-hybridized carbons (Fsp3) is 0. The predicted octanol–water partition coefficient (Wildman–Crippen LogP) is 3.81. The molecule has 18 heavy (non-hydrogen) atoms. The molecule has 0 bridgehead atoms. The summed E-state index contributed by atoms with van der Waals surface area (Å²) in [4.78, 5) is 5.30. The number of nitrogens with zero attached hydrogens (tertiary/aromatic N) is 2. The van der Waals surface area contributed by atoms with Crippen LogP contribution in [-0.2, 0) is 0 Å². The zero-order chi connectivity index (χ0) is 12.5. The Labute approximate surface area is 116 Å². The minimum Gasteiger partial charge on any atom is -0.399 e. The van der Waals surface area contributed by atoms with Crippen molar-refractivity contribution in [3.8, 4) is 22.2 Å². The fourth-order valence-corrected chi connectivity index (χ4v) is 2.86. The molecule has 6 heteroatoms. The Kier molecular flexibility index (Phi) is 2.89. The van der Waals surface area contributed by atoms with Crippen molar-refractivity contribution >= 4 is 33.0 Å². The van der Waals surface area contributed by atoms with Crippen LogP contribution in [0.3, 0.4) is 0 Å². The number of halogens is 1. The highest BCUT2D eigenvalue weighted by Gasteiger charge is 2.12. The monoisotopic (exact) mass is 321 g/mol. The van der Waals surface area contributed by atoms with Gasteiger partial charge in [0.1, 0.15) is 0 Å². The predicted molar refractivity (Wildman–Crippen MR) is 75.2 cm³/mol. The molecule has 0 fully saturated rings. The number of anilines is 1. The third-order valence-electron chi connectivity index (χ3n) is 2.35. The van der Waals surface area contributed by atoms with Crippen LogP contribution in [0, 0.1) is 0 Å². The first-order chi connectivity index (χ1) is 8.72. The van der Waals surface area contributed by atoms with Crippen LogP contribution in [0.2, 0.25) is 0 Å². The molecule has 0 aliphatic carbocycles. The van der Waals surface area contributed by atoms with E-state index in [1.54, 1.807) is 11.3 Å². The van der Waals surface area contributed by atoms with E-state index < -0.39 is 0 Å². The van der Waals surface area contributed by atoms with E-state index in [0.29, 0.717) is 17.4 Å². The standard InChI is InChI=1S/C12H8BrN3OS/c13-10-5-4-9(18-10)12-15-11(16-17-12)7-2-1-3-8(14)6-7/h1-6H,14H2. The highest BCUT2D eigenvalue weighted by Crippen LogP contribution is 2.31. The van der Waals surface area contributed by atoms with Gasteiger partial charge in [0.15, 0.2) is 0 Å². The largest absolute Gasteiger partial charge is 0.399 e. The van der Waals surface area contributed by atoms with E-state index in [4.69, 9.17) is 10.3 Å². The number of rotatable bonds is 2. The van der Waals surface area contributed by atoms with Crippen molar-refractivity contribution in [1.82, 2.24) is 10.1 Å². The molecule has 2 heterocycles. The first-order valence-electron chi connectivity index (χ1n) is 5.18. The number of hydrogen-bond donors (Lipinski definition) is 1. The van der Waals surface area contributed by atoms with Crippen molar-refractivity contribution in [3.63, 3.8) is 0 Å². The third kappa shape index (κ3) is 2.16. The lowest BCUT2D eigenvalue weighted by molar-refractivity contribution is 0.433. The lowest BCUT2D eigenvalue weighted by Gasteiger charge is -1.95. The molecule has 0 spiro atoms. The van der Waals surface area contributed by atoms with E-state index in [1.165, 1.54) is 0 Å². The number of hydrogen-bond acceptors (Lipinski definition) is 5. The summed E-state index contributed by atoms with van der Waals surface area (Å²) in [6, 6.07) is 11.3. The van der Waals surface area contributed by atoms with Gasteiger partial charge in [-0.05, 0) is 40.2 Å². The molecule has 3 aromatic rings. The fourth-order valence-electron chi connectivity index (χ4n) is 1.55. The molecule has 4 nitrogen and oxygen atoms in total. The van der Waals surface area contributed by atoms with Crippen LogP contribution in [0.5, 0.6) is 0 Å². The Hall–Kier alpha value is -1.66. The maximum Gasteiger partial charge on any atom is 0.268 e. The summed E-state index contributed by atoms with van der Waals surface area (Å²) in [5.74, 6) is 1.06. The van der Waals surface area contributed by atoms with Crippen LogP contribution < -0.4 is 5.73 Å². The van der Waals surface area contributed by atoms with Crippen LogP contribution in [0.1, 0.15) is 0 Å². The SMILES string of the molecule is Nc1cccc(-c2noc(-c3ccc(Br)s3)n2)c1. The zero-order valence-corrected chi connectivity index (χ0v) is 11.5. The van der Waals surface area contributed by atoms with Crippen molar-refractivity contribution in [2.45, 2.75) is 0 Å². The Morgan fingerprint density at radius 1 is 1.22 bits per heavy atom. The molecule has 2 aromatic heterocycles. The maximum atomic E-state index is 5.73. The topological polar surface area (TPSA) is 64.9 Å². The minimum atomic E-state index is 0.517. The summed E-state index contributed by atoms with van der Waals surface area (Å²) in [5.41, 5.74) is 7.25. The third-order valence-corrected chi connectivity index (χ3v) is 3.97. The smallest absolute Gasteiger partial charge is 0.268 e. The van der Waals surface area contributed by atoms with Gasteiger partial charge in [-0.2, -0.15) is 4.98 Å². The Balaban J connectivity index is 1.99. The Morgan fingerprint density at radius 2 is 2.11 bits per heavy atom. The number of nitrogens with two attached hydrogens (primary N) is 1. The van der Waals surface area contributed by atoms with Crippen molar-refractivity contribution in [2.75, 3.05) is 5.73 Å². The van der Waals surface area contributed by atoms with Crippen LogP contribution >= 0.6 is 27.3 Å². The molecule has 0 amide bonds.